The van der Waals surface area contributed by atoms with E-state index in [4.69, 9.17) is 4.74 Å². The molecule has 0 aliphatic heterocycles. The highest BCUT2D eigenvalue weighted by Crippen LogP contribution is 2.35. The normalized spacial score (nSPS) is 12.3. The topological polar surface area (TPSA) is 111 Å². The van der Waals surface area contributed by atoms with Crippen LogP contribution in [-0.2, 0) is 16.3 Å². The van der Waals surface area contributed by atoms with E-state index in [1.54, 1.807) is 26.2 Å². The molecule has 4 aromatic rings. The molecule has 40 heavy (non-hydrogen) atoms. The first-order valence-corrected chi connectivity index (χ1v) is 14.6. The van der Waals surface area contributed by atoms with Gasteiger partial charge in [-0.15, -0.1) is 0 Å². The lowest BCUT2D eigenvalue weighted by atomic mass is 10.0. The van der Waals surface area contributed by atoms with Gasteiger partial charge in [0.25, 0.3) is 5.56 Å². The molecular formula is C30H32FN3O5S. The number of nitrogens with zero attached hydrogens (tertiary/aromatic N) is 3. The van der Waals surface area contributed by atoms with Crippen molar-refractivity contribution in [3.63, 3.8) is 0 Å². The van der Waals surface area contributed by atoms with Gasteiger partial charge in [0.05, 0.1) is 18.0 Å². The van der Waals surface area contributed by atoms with Crippen molar-refractivity contribution < 1.29 is 22.7 Å². The SMILES string of the molecule is CCCCc1nc(=O)c(S(=O)(=O)c2ccc(-c3ccnc(F)c3C)cc2)c(O)n1C(CC)c1cccc(OC)c1. The zero-order chi connectivity index (χ0) is 29.0. The van der Waals surface area contributed by atoms with Gasteiger partial charge in [0.1, 0.15) is 11.6 Å². The number of aromatic nitrogens is 3. The number of methoxy groups -OCH3 is 1. The number of hydrogen-bond donors (Lipinski definition) is 1. The summed E-state index contributed by atoms with van der Waals surface area (Å²) in [5.74, 6) is -0.354. The highest BCUT2D eigenvalue weighted by molar-refractivity contribution is 7.91. The number of pyridine rings is 1. The Morgan fingerprint density at radius 3 is 2.48 bits per heavy atom. The summed E-state index contributed by atoms with van der Waals surface area (Å²) in [5, 5.41) is 11.5. The number of benzene rings is 2. The molecule has 0 aliphatic carbocycles. The summed E-state index contributed by atoms with van der Waals surface area (Å²) in [6, 6.07) is 14.1. The molecule has 2 aromatic heterocycles. The molecule has 1 N–H and O–H groups in total. The number of rotatable bonds is 10. The van der Waals surface area contributed by atoms with E-state index < -0.39 is 38.2 Å². The Labute approximate surface area is 233 Å². The number of aromatic hydroxyl groups is 1. The lowest BCUT2D eigenvalue weighted by molar-refractivity contribution is 0.357. The molecule has 0 saturated heterocycles. The molecule has 210 valence electrons. The molecule has 0 spiro atoms. The number of ether oxygens (including phenoxy) is 1. The first kappa shape index (κ1) is 28.9. The third kappa shape index (κ3) is 5.49. The van der Waals surface area contributed by atoms with Gasteiger partial charge in [-0.05, 0) is 66.8 Å². The van der Waals surface area contributed by atoms with E-state index in [0.29, 0.717) is 47.5 Å². The summed E-state index contributed by atoms with van der Waals surface area (Å²) in [5.41, 5.74) is 1.22. The second kappa shape index (κ2) is 12.0. The van der Waals surface area contributed by atoms with Crippen molar-refractivity contribution in [2.24, 2.45) is 0 Å². The van der Waals surface area contributed by atoms with Crippen molar-refractivity contribution in [1.82, 2.24) is 14.5 Å². The minimum absolute atomic E-state index is 0.195. The van der Waals surface area contributed by atoms with Gasteiger partial charge >= 0.3 is 0 Å². The summed E-state index contributed by atoms with van der Waals surface area (Å²) < 4.78 is 48.3. The van der Waals surface area contributed by atoms with Gasteiger partial charge in [-0.3, -0.25) is 9.36 Å². The number of unbranched alkanes of at least 4 members (excludes halogenated alkanes) is 1. The highest BCUT2D eigenvalue weighted by Gasteiger charge is 2.32. The van der Waals surface area contributed by atoms with E-state index in [1.807, 2.05) is 32.0 Å². The van der Waals surface area contributed by atoms with Crippen LogP contribution in [-0.4, -0.2) is 35.2 Å². The predicted octanol–water partition coefficient (Wildman–Crippen LogP) is 5.64. The fraction of sp³-hybridized carbons (Fsp3) is 0.300. The van der Waals surface area contributed by atoms with E-state index in [1.165, 1.54) is 35.0 Å². The monoisotopic (exact) mass is 565 g/mol. The Hall–Kier alpha value is -4.05. The number of hydrogen-bond acceptors (Lipinski definition) is 7. The maximum atomic E-state index is 14.0. The van der Waals surface area contributed by atoms with Crippen LogP contribution in [0.3, 0.4) is 0 Å². The van der Waals surface area contributed by atoms with Gasteiger partial charge in [-0.1, -0.05) is 44.5 Å². The Morgan fingerprint density at radius 1 is 1.10 bits per heavy atom. The Balaban J connectivity index is 1.87. The van der Waals surface area contributed by atoms with Gasteiger partial charge < -0.3 is 9.84 Å². The average molecular weight is 566 g/mol. The smallest absolute Gasteiger partial charge is 0.296 e. The first-order chi connectivity index (χ1) is 19.1. The van der Waals surface area contributed by atoms with Crippen LogP contribution in [0.1, 0.15) is 56.1 Å². The second-order valence-electron chi connectivity index (χ2n) is 9.46. The average Bonchev–Trinajstić information content (AvgIpc) is 2.95. The van der Waals surface area contributed by atoms with Crippen LogP contribution in [0.5, 0.6) is 11.6 Å². The van der Waals surface area contributed by atoms with Crippen LogP contribution < -0.4 is 10.3 Å². The molecule has 0 radical (unpaired) electrons. The second-order valence-corrected chi connectivity index (χ2v) is 11.3. The third-order valence-corrected chi connectivity index (χ3v) is 8.74. The maximum absolute atomic E-state index is 14.0. The van der Waals surface area contributed by atoms with E-state index in [2.05, 4.69) is 9.97 Å². The van der Waals surface area contributed by atoms with Gasteiger partial charge in [0.15, 0.2) is 4.90 Å². The van der Waals surface area contributed by atoms with Crippen LogP contribution in [0.2, 0.25) is 0 Å². The van der Waals surface area contributed by atoms with Crippen molar-refractivity contribution in [1.29, 1.82) is 0 Å². The fourth-order valence-electron chi connectivity index (χ4n) is 4.79. The van der Waals surface area contributed by atoms with Crippen LogP contribution >= 0.6 is 0 Å². The summed E-state index contributed by atoms with van der Waals surface area (Å²) in [6.07, 6.45) is 3.72. The largest absolute Gasteiger partial charge is 0.497 e. The summed E-state index contributed by atoms with van der Waals surface area (Å²) in [6.45, 7) is 5.48. The molecular weight excluding hydrogens is 533 g/mol. The first-order valence-electron chi connectivity index (χ1n) is 13.1. The van der Waals surface area contributed by atoms with E-state index in [9.17, 15) is 22.7 Å². The Kier molecular flexibility index (Phi) is 8.68. The molecule has 0 saturated carbocycles. The van der Waals surface area contributed by atoms with Crippen LogP contribution in [0.15, 0.2) is 75.4 Å². The number of sulfone groups is 1. The lowest BCUT2D eigenvalue weighted by Crippen LogP contribution is -2.27. The zero-order valence-corrected chi connectivity index (χ0v) is 23.7. The van der Waals surface area contributed by atoms with Crippen LogP contribution in [0, 0.1) is 12.9 Å². The van der Waals surface area contributed by atoms with Crippen molar-refractivity contribution in [3.05, 3.63) is 94.0 Å². The van der Waals surface area contributed by atoms with Crippen molar-refractivity contribution >= 4 is 9.84 Å². The quantitative estimate of drug-likeness (QED) is 0.248. The molecule has 0 aliphatic rings. The van der Waals surface area contributed by atoms with Gasteiger partial charge in [0, 0.05) is 18.2 Å². The molecule has 1 unspecified atom stereocenters. The molecule has 8 nitrogen and oxygen atoms in total. The van der Waals surface area contributed by atoms with Gasteiger partial charge in [-0.2, -0.15) is 9.37 Å². The van der Waals surface area contributed by atoms with E-state index in [-0.39, 0.29) is 4.90 Å². The highest BCUT2D eigenvalue weighted by atomic mass is 32.2. The van der Waals surface area contributed by atoms with Crippen molar-refractivity contribution in [2.75, 3.05) is 7.11 Å². The minimum Gasteiger partial charge on any atom is -0.497 e. The standard InChI is InChI=1S/C30H32FN3O5S/c1-5-7-11-26-33-29(35)27(30(36)34(26)25(6-2)21-9-8-10-22(18-21)39-4)40(37,38)23-14-12-20(13-15-23)24-16-17-32-28(31)19(24)3/h8-10,12-18,25,36H,5-7,11H2,1-4H3. The lowest BCUT2D eigenvalue weighted by Gasteiger charge is -2.25. The third-order valence-electron chi connectivity index (χ3n) is 6.95. The predicted molar refractivity (Wildman–Crippen MR) is 150 cm³/mol. The number of aryl methyl sites for hydroxylation is 1. The molecule has 4 rings (SSSR count). The molecule has 0 fully saturated rings. The van der Waals surface area contributed by atoms with Crippen molar-refractivity contribution in [2.45, 2.75) is 62.3 Å². The molecule has 1 atom stereocenters. The summed E-state index contributed by atoms with van der Waals surface area (Å²) >= 11 is 0. The minimum atomic E-state index is -4.47. The van der Waals surface area contributed by atoms with Gasteiger partial charge in [0.2, 0.25) is 21.7 Å². The zero-order valence-electron chi connectivity index (χ0n) is 22.9. The molecule has 2 heterocycles. The van der Waals surface area contributed by atoms with E-state index >= 15 is 0 Å². The van der Waals surface area contributed by atoms with Crippen molar-refractivity contribution in [3.8, 4) is 22.8 Å². The Morgan fingerprint density at radius 2 is 1.82 bits per heavy atom. The molecule has 0 bridgehead atoms. The van der Waals surface area contributed by atoms with Gasteiger partial charge in [-0.25, -0.2) is 13.4 Å². The molecule has 0 amide bonds. The van der Waals surface area contributed by atoms with E-state index in [0.717, 1.165) is 12.0 Å². The van der Waals surface area contributed by atoms with Crippen LogP contribution in [0.4, 0.5) is 4.39 Å². The summed E-state index contributed by atoms with van der Waals surface area (Å²) in [7, 11) is -2.92. The summed E-state index contributed by atoms with van der Waals surface area (Å²) in [4.78, 5) is 20.0. The fourth-order valence-corrected chi connectivity index (χ4v) is 6.14. The maximum Gasteiger partial charge on any atom is 0.296 e. The Bertz CT molecular complexity index is 1690. The molecule has 10 heteroatoms. The van der Waals surface area contributed by atoms with Crippen LogP contribution in [0.25, 0.3) is 11.1 Å². The molecule has 2 aromatic carbocycles. The number of halogens is 1.